The van der Waals surface area contributed by atoms with Gasteiger partial charge in [0.2, 0.25) is 5.91 Å². The first-order valence-corrected chi connectivity index (χ1v) is 10.9. The molecule has 29 heavy (non-hydrogen) atoms. The van der Waals surface area contributed by atoms with Crippen LogP contribution in [0.2, 0.25) is 0 Å². The fraction of sp³-hybridized carbons (Fsp3) is 0.762. The van der Waals surface area contributed by atoms with Gasteiger partial charge < -0.3 is 15.5 Å². The fourth-order valence-electron chi connectivity index (χ4n) is 4.34. The second-order valence-electron chi connectivity index (χ2n) is 8.16. The number of hydrogen-bond donors (Lipinski definition) is 2. The highest BCUT2D eigenvalue weighted by Crippen LogP contribution is 2.27. The molecule has 1 saturated heterocycles. The van der Waals surface area contributed by atoms with E-state index in [4.69, 9.17) is 4.99 Å². The molecule has 2 N–H and O–H groups in total. The largest absolute Gasteiger partial charge is 0.357 e. The number of halogens is 1. The Labute approximate surface area is 192 Å². The third-order valence-electron chi connectivity index (χ3n) is 5.79. The van der Waals surface area contributed by atoms with E-state index in [1.807, 2.05) is 6.92 Å². The maximum absolute atomic E-state index is 12.6. The maximum Gasteiger partial charge on any atom is 0.225 e. The summed E-state index contributed by atoms with van der Waals surface area (Å²) in [6, 6.07) is 2.40. The molecule has 1 aliphatic carbocycles. The lowest BCUT2D eigenvalue weighted by Crippen LogP contribution is -2.45. The Morgan fingerprint density at radius 2 is 2.03 bits per heavy atom. The Kier molecular flexibility index (Phi) is 9.71. The average Bonchev–Trinajstić information content (AvgIpc) is 3.40. The summed E-state index contributed by atoms with van der Waals surface area (Å²) in [5.41, 5.74) is 2.26. The zero-order valence-electron chi connectivity index (χ0n) is 18.1. The first-order chi connectivity index (χ1) is 13.6. The molecule has 1 atom stereocenters. The number of likely N-dealkylation sites (tertiary alicyclic amines) is 1. The van der Waals surface area contributed by atoms with Crippen LogP contribution in [0.5, 0.6) is 0 Å². The van der Waals surface area contributed by atoms with Crippen molar-refractivity contribution in [3.8, 4) is 0 Å². The summed E-state index contributed by atoms with van der Waals surface area (Å²) in [4.78, 5) is 19.4. The van der Waals surface area contributed by atoms with Gasteiger partial charge in [-0.25, -0.2) is 0 Å². The Bertz CT molecular complexity index is 683. The molecule has 0 aromatic carbocycles. The zero-order chi connectivity index (χ0) is 19.9. The van der Waals surface area contributed by atoms with Crippen LogP contribution in [0.1, 0.15) is 56.8 Å². The number of aromatic nitrogens is 2. The highest BCUT2D eigenvalue weighted by atomic mass is 127. The molecular weight excluding hydrogens is 479 g/mol. The van der Waals surface area contributed by atoms with E-state index in [0.29, 0.717) is 11.9 Å². The van der Waals surface area contributed by atoms with Crippen molar-refractivity contribution in [2.75, 3.05) is 26.2 Å². The minimum Gasteiger partial charge on any atom is -0.357 e. The molecule has 0 spiro atoms. The maximum atomic E-state index is 12.6. The van der Waals surface area contributed by atoms with Crippen molar-refractivity contribution in [2.45, 2.75) is 71.9 Å². The molecule has 1 aliphatic heterocycles. The van der Waals surface area contributed by atoms with Crippen molar-refractivity contribution in [1.82, 2.24) is 25.3 Å². The van der Waals surface area contributed by atoms with Gasteiger partial charge in [0.1, 0.15) is 0 Å². The molecule has 8 heteroatoms. The number of aliphatic imine (C=N–C) groups is 1. The van der Waals surface area contributed by atoms with Gasteiger partial charge in [0.25, 0.3) is 0 Å². The average molecular weight is 516 g/mol. The van der Waals surface area contributed by atoms with Crippen LogP contribution in [0.15, 0.2) is 11.1 Å². The van der Waals surface area contributed by atoms with Gasteiger partial charge >= 0.3 is 0 Å². The molecular formula is C21H37IN6O. The van der Waals surface area contributed by atoms with Crippen molar-refractivity contribution in [1.29, 1.82) is 0 Å². The molecule has 2 fully saturated rings. The molecule has 1 unspecified atom stereocenters. The summed E-state index contributed by atoms with van der Waals surface area (Å²) in [5, 5.41) is 11.4. The zero-order valence-corrected chi connectivity index (χ0v) is 20.4. The van der Waals surface area contributed by atoms with Crippen LogP contribution >= 0.6 is 24.0 Å². The highest BCUT2D eigenvalue weighted by Gasteiger charge is 2.32. The summed E-state index contributed by atoms with van der Waals surface area (Å²) in [6.45, 7) is 10.3. The minimum atomic E-state index is 0. The molecule has 7 nitrogen and oxygen atoms in total. The van der Waals surface area contributed by atoms with E-state index < -0.39 is 0 Å². The van der Waals surface area contributed by atoms with Crippen LogP contribution in [0.25, 0.3) is 0 Å². The molecule has 164 valence electrons. The number of amides is 1. The van der Waals surface area contributed by atoms with Gasteiger partial charge in [-0.05, 0) is 52.5 Å². The van der Waals surface area contributed by atoms with E-state index >= 15 is 0 Å². The Hall–Kier alpha value is -1.32. The molecule has 3 rings (SSSR count). The SMILES string of the molecule is CCNC(=NCCCn1nc(C)cc1C)NC1CCN(C(=O)C2CCCC2)C1.I. The molecule has 0 radical (unpaired) electrons. The van der Waals surface area contributed by atoms with Gasteiger partial charge in [-0.1, -0.05) is 12.8 Å². The molecule has 0 bridgehead atoms. The Morgan fingerprint density at radius 1 is 1.28 bits per heavy atom. The van der Waals surface area contributed by atoms with Crippen LogP contribution in [0.4, 0.5) is 0 Å². The second kappa shape index (κ2) is 11.8. The van der Waals surface area contributed by atoms with Crippen LogP contribution in [0.3, 0.4) is 0 Å². The van der Waals surface area contributed by atoms with Gasteiger partial charge in [-0.3, -0.25) is 14.5 Å². The second-order valence-corrected chi connectivity index (χ2v) is 8.16. The van der Waals surface area contributed by atoms with Gasteiger partial charge in [0.05, 0.1) is 5.69 Å². The third kappa shape index (κ3) is 6.86. The smallest absolute Gasteiger partial charge is 0.225 e. The lowest BCUT2D eigenvalue weighted by Gasteiger charge is -2.21. The van der Waals surface area contributed by atoms with E-state index in [2.05, 4.69) is 45.2 Å². The van der Waals surface area contributed by atoms with Gasteiger partial charge in [-0.15, -0.1) is 24.0 Å². The first kappa shape index (κ1) is 24.0. The van der Waals surface area contributed by atoms with Gasteiger partial charge in [0.15, 0.2) is 5.96 Å². The number of carbonyl (C=O) groups is 1. The number of aryl methyl sites for hydroxylation is 3. The standard InChI is InChI=1S/C21H36N6O.HI/c1-4-22-21(23-11-7-12-27-17(3)14-16(2)25-27)24-19-10-13-26(15-19)20(28)18-8-5-6-9-18;/h14,18-19H,4-13,15H2,1-3H3,(H2,22,23,24);1H. The lowest BCUT2D eigenvalue weighted by molar-refractivity contribution is -0.134. The number of nitrogens with zero attached hydrogens (tertiary/aromatic N) is 4. The van der Waals surface area contributed by atoms with Crippen LogP contribution in [-0.4, -0.2) is 58.8 Å². The summed E-state index contributed by atoms with van der Waals surface area (Å²) in [6.07, 6.45) is 6.52. The van der Waals surface area contributed by atoms with Crippen LogP contribution in [0, 0.1) is 19.8 Å². The number of carbonyl (C=O) groups excluding carboxylic acids is 1. The molecule has 1 aromatic rings. The van der Waals surface area contributed by atoms with Crippen molar-refractivity contribution in [2.24, 2.45) is 10.9 Å². The molecule has 2 heterocycles. The number of rotatable bonds is 7. The topological polar surface area (TPSA) is 74.6 Å². The number of hydrogen-bond acceptors (Lipinski definition) is 3. The summed E-state index contributed by atoms with van der Waals surface area (Å²) in [5.74, 6) is 1.50. The normalized spacial score (nSPS) is 20.0. The number of guanidine groups is 1. The van der Waals surface area contributed by atoms with E-state index in [0.717, 1.165) is 70.1 Å². The Balaban J connectivity index is 0.00000300. The van der Waals surface area contributed by atoms with E-state index in [-0.39, 0.29) is 29.9 Å². The number of nitrogens with one attached hydrogen (secondary N) is 2. The van der Waals surface area contributed by atoms with Crippen LogP contribution < -0.4 is 10.6 Å². The molecule has 1 amide bonds. The van der Waals surface area contributed by atoms with Crippen molar-refractivity contribution in [3.05, 3.63) is 17.5 Å². The summed E-state index contributed by atoms with van der Waals surface area (Å²) >= 11 is 0. The highest BCUT2D eigenvalue weighted by molar-refractivity contribution is 14.0. The summed E-state index contributed by atoms with van der Waals surface area (Å²) in [7, 11) is 0. The van der Waals surface area contributed by atoms with E-state index in [9.17, 15) is 4.79 Å². The predicted molar refractivity (Wildman–Crippen MR) is 128 cm³/mol. The third-order valence-corrected chi connectivity index (χ3v) is 5.79. The molecule has 2 aliphatic rings. The summed E-state index contributed by atoms with van der Waals surface area (Å²) < 4.78 is 2.05. The monoisotopic (exact) mass is 516 g/mol. The van der Waals surface area contributed by atoms with Crippen LogP contribution in [-0.2, 0) is 11.3 Å². The Morgan fingerprint density at radius 3 is 2.69 bits per heavy atom. The first-order valence-electron chi connectivity index (χ1n) is 10.9. The minimum absolute atomic E-state index is 0. The van der Waals surface area contributed by atoms with E-state index in [1.165, 1.54) is 18.5 Å². The van der Waals surface area contributed by atoms with Crippen molar-refractivity contribution >= 4 is 35.8 Å². The molecule has 1 saturated carbocycles. The van der Waals surface area contributed by atoms with Crippen molar-refractivity contribution < 1.29 is 4.79 Å². The molecule has 1 aromatic heterocycles. The van der Waals surface area contributed by atoms with Crippen molar-refractivity contribution in [3.63, 3.8) is 0 Å². The fourth-order valence-corrected chi connectivity index (χ4v) is 4.34. The van der Waals surface area contributed by atoms with Gasteiger partial charge in [0, 0.05) is 50.4 Å². The quantitative estimate of drug-likeness (QED) is 0.253. The van der Waals surface area contributed by atoms with E-state index in [1.54, 1.807) is 0 Å². The predicted octanol–water partition coefficient (Wildman–Crippen LogP) is 2.85. The van der Waals surface area contributed by atoms with Gasteiger partial charge in [-0.2, -0.15) is 5.10 Å². The lowest BCUT2D eigenvalue weighted by atomic mass is 10.1.